The molecular weight excluding hydrogens is 559 g/mol. The molecule has 1 aliphatic heterocycles. The number of ether oxygens (including phenoxy) is 2. The van der Waals surface area contributed by atoms with Gasteiger partial charge in [-0.3, -0.25) is 0 Å². The number of rotatable bonds is 14. The Labute approximate surface area is 239 Å². The minimum absolute atomic E-state index is 0.0168. The van der Waals surface area contributed by atoms with Crippen LogP contribution in [0.4, 0.5) is 0 Å². The van der Waals surface area contributed by atoms with Crippen LogP contribution >= 0.6 is 0 Å². The summed E-state index contributed by atoms with van der Waals surface area (Å²) in [4.78, 5) is 12.7. The summed E-state index contributed by atoms with van der Waals surface area (Å²) in [5, 5.41) is 11.3. The molecule has 1 saturated carbocycles. The van der Waals surface area contributed by atoms with Crippen molar-refractivity contribution in [2.45, 2.75) is 127 Å². The number of aliphatic hydroxyl groups is 1. The topological polar surface area (TPSA) is 65.0 Å². The zero-order chi connectivity index (χ0) is 27.8. The van der Waals surface area contributed by atoms with Gasteiger partial charge in [-0.2, -0.15) is 0 Å². The molecule has 5 nitrogen and oxygen atoms in total. The molecule has 0 bridgehead atoms. The van der Waals surface area contributed by atoms with Gasteiger partial charge in [0, 0.05) is 6.61 Å². The van der Waals surface area contributed by atoms with Gasteiger partial charge in [-0.05, 0) is 37.4 Å². The molecule has 1 N–H and O–H groups in total. The van der Waals surface area contributed by atoms with Crippen LogP contribution in [0.2, 0.25) is 24.0 Å². The molecule has 1 saturated heterocycles. The van der Waals surface area contributed by atoms with Crippen molar-refractivity contribution >= 4 is 28.0 Å². The van der Waals surface area contributed by atoms with Crippen molar-refractivity contribution < 1.29 is 23.8 Å². The van der Waals surface area contributed by atoms with Crippen molar-refractivity contribution in [3.8, 4) is 0 Å². The fraction of sp³-hybridized carbons (Fsp3) is 0.774. The molecule has 1 aliphatic carbocycles. The van der Waals surface area contributed by atoms with E-state index in [1.165, 1.54) is 0 Å². The van der Waals surface area contributed by atoms with E-state index in [0.717, 1.165) is 63.5 Å². The van der Waals surface area contributed by atoms with Crippen LogP contribution < -0.4 is 0 Å². The molecular formula is C31H52O5SeSi. The van der Waals surface area contributed by atoms with Crippen LogP contribution in [0, 0.1) is 11.8 Å². The molecule has 38 heavy (non-hydrogen) atoms. The van der Waals surface area contributed by atoms with Gasteiger partial charge < -0.3 is 4.74 Å². The second-order valence-corrected chi connectivity index (χ2v) is 19.3. The first-order chi connectivity index (χ1) is 18.0. The molecule has 0 aromatic heterocycles. The number of carbonyl (C=O) groups is 1. The van der Waals surface area contributed by atoms with Gasteiger partial charge in [0.15, 0.2) is 0 Å². The Morgan fingerprint density at radius 1 is 1.13 bits per heavy atom. The van der Waals surface area contributed by atoms with E-state index in [4.69, 9.17) is 13.9 Å². The summed E-state index contributed by atoms with van der Waals surface area (Å²) in [6.45, 7) is 12.8. The Kier molecular flexibility index (Phi) is 12.6. The molecule has 3 rings (SSSR count). The van der Waals surface area contributed by atoms with Crippen molar-refractivity contribution in [2.24, 2.45) is 11.8 Å². The van der Waals surface area contributed by atoms with Crippen LogP contribution in [-0.4, -0.2) is 64.8 Å². The van der Waals surface area contributed by atoms with Crippen molar-refractivity contribution in [1.82, 2.24) is 0 Å². The molecule has 1 heterocycles. The van der Waals surface area contributed by atoms with Crippen LogP contribution in [0.1, 0.15) is 90.0 Å². The molecule has 0 spiro atoms. The summed E-state index contributed by atoms with van der Waals surface area (Å²) in [5.41, 5.74) is 1.15. The quantitative estimate of drug-likeness (QED) is 0.183. The molecule has 2 fully saturated rings. The summed E-state index contributed by atoms with van der Waals surface area (Å²) in [6.07, 6.45) is 8.35. The summed E-state index contributed by atoms with van der Waals surface area (Å²) < 4.78 is 19.5. The van der Waals surface area contributed by atoms with E-state index in [1.807, 2.05) is 24.0 Å². The third-order valence-electron chi connectivity index (χ3n) is 9.12. The Hall–Kier alpha value is -0.534. The molecule has 7 heteroatoms. The maximum atomic E-state index is 12.7. The van der Waals surface area contributed by atoms with E-state index in [0.29, 0.717) is 17.7 Å². The number of hydrogen-bond acceptors (Lipinski definition) is 5. The van der Waals surface area contributed by atoms with E-state index in [2.05, 4.69) is 46.0 Å². The average molecular weight is 612 g/mol. The minimum atomic E-state index is -1.91. The van der Waals surface area contributed by atoms with E-state index < -0.39 is 8.32 Å². The van der Waals surface area contributed by atoms with Crippen molar-refractivity contribution in [3.05, 3.63) is 35.9 Å². The molecule has 6 atom stereocenters. The van der Waals surface area contributed by atoms with Gasteiger partial charge >= 0.3 is 170 Å². The summed E-state index contributed by atoms with van der Waals surface area (Å²) in [7, 11) is -1.91. The molecule has 216 valence electrons. The van der Waals surface area contributed by atoms with Crippen molar-refractivity contribution in [3.63, 3.8) is 0 Å². The monoisotopic (exact) mass is 612 g/mol. The predicted octanol–water partition coefficient (Wildman–Crippen LogP) is 6.93. The molecule has 1 aromatic rings. The van der Waals surface area contributed by atoms with Gasteiger partial charge in [0.2, 0.25) is 0 Å². The summed E-state index contributed by atoms with van der Waals surface area (Å²) >= 11 is 0.0168. The van der Waals surface area contributed by atoms with Crippen LogP contribution in [0.25, 0.3) is 0 Å². The fourth-order valence-corrected chi connectivity index (χ4v) is 7.80. The fourth-order valence-electron chi connectivity index (χ4n) is 5.63. The molecule has 2 aliphatic rings. The van der Waals surface area contributed by atoms with Gasteiger partial charge in [0.05, 0.1) is 0 Å². The first-order valence-corrected chi connectivity index (χ1v) is 20.2. The Balaban J connectivity index is 1.58. The summed E-state index contributed by atoms with van der Waals surface area (Å²) in [6, 6.07) is 10.3. The van der Waals surface area contributed by atoms with E-state index in [1.54, 1.807) is 0 Å². The van der Waals surface area contributed by atoms with Crippen LogP contribution in [0.5, 0.6) is 0 Å². The molecule has 2 unspecified atom stereocenters. The van der Waals surface area contributed by atoms with Gasteiger partial charge in [-0.15, -0.1) is 0 Å². The number of unbranched alkanes of at least 4 members (excludes halogenated alkanes) is 2. The second kappa shape index (κ2) is 14.9. The first kappa shape index (κ1) is 32.0. The number of aliphatic hydroxyl groups excluding tert-OH is 1. The number of benzene rings is 1. The van der Waals surface area contributed by atoms with Crippen LogP contribution in [0.15, 0.2) is 30.3 Å². The Morgan fingerprint density at radius 3 is 2.50 bits per heavy atom. The molecule has 0 radical (unpaired) electrons. The van der Waals surface area contributed by atoms with Crippen molar-refractivity contribution in [1.29, 1.82) is 0 Å². The van der Waals surface area contributed by atoms with Gasteiger partial charge in [0.25, 0.3) is 0 Å². The van der Waals surface area contributed by atoms with Gasteiger partial charge in [-0.25, -0.2) is 0 Å². The third-order valence-corrected chi connectivity index (χ3v) is 15.1. The Morgan fingerprint density at radius 2 is 1.87 bits per heavy atom. The van der Waals surface area contributed by atoms with Gasteiger partial charge in [-0.1, -0.05) is 20.8 Å². The van der Waals surface area contributed by atoms with Crippen LogP contribution in [-0.2, 0) is 18.7 Å². The number of hydrogen-bond donors (Lipinski definition) is 1. The molecule has 0 amide bonds. The van der Waals surface area contributed by atoms with Crippen molar-refractivity contribution in [2.75, 3.05) is 13.2 Å². The van der Waals surface area contributed by atoms with E-state index in [9.17, 15) is 9.90 Å². The van der Waals surface area contributed by atoms with Gasteiger partial charge in [0.1, 0.15) is 0 Å². The standard InChI is InChI=1S/C31H52O5SeSi/c1-31(2,3)38(5,6)35-22-26-25(27(32)21-28(26)36-29-19-13-14-20-34-29)18-12-8-11-17-24(30(33)37-4)23-15-9-7-10-16-23/h7,9-10,15-16,24-29,32H,8,11-14,17-22H2,1-6H3/t24?,25-,26+,27+,28-,29?/m1/s1. The van der Waals surface area contributed by atoms with Crippen LogP contribution in [0.3, 0.4) is 0 Å². The first-order valence-electron chi connectivity index (χ1n) is 14.8. The molecule has 1 aromatic carbocycles. The zero-order valence-corrected chi connectivity index (χ0v) is 27.3. The Bertz CT molecular complexity index is 836. The number of carbonyl (C=O) groups excluding carboxylic acids is 1. The van der Waals surface area contributed by atoms with E-state index in [-0.39, 0.29) is 56.2 Å². The summed E-state index contributed by atoms with van der Waals surface area (Å²) in [5.74, 6) is 2.41. The van der Waals surface area contributed by atoms with E-state index >= 15 is 0 Å². The SMILES string of the molecule is C[Se]C(=O)C(CCCCC[C@@H]1[C@H](CO[Si](C)(C)C(C)(C)C)[C@H](OC2CCCCO2)C[C@@H]1O)c1ccccc1. The normalized spacial score (nSPS) is 27.4. The second-order valence-electron chi connectivity index (χ2n) is 12.8. The predicted molar refractivity (Wildman–Crippen MR) is 158 cm³/mol. The maximum absolute atomic E-state index is 12.7. The third kappa shape index (κ3) is 8.99. The average Bonchev–Trinajstić information content (AvgIpc) is 3.18. The zero-order valence-electron chi connectivity index (χ0n) is 24.6.